The van der Waals surface area contributed by atoms with Crippen LogP contribution in [0, 0.1) is 5.21 Å². The molecule has 3 aromatic rings. The van der Waals surface area contributed by atoms with Gasteiger partial charge in [0, 0.05) is 12.1 Å². The number of nitrogens with zero attached hydrogens (tertiary/aromatic N) is 1. The van der Waals surface area contributed by atoms with Gasteiger partial charge in [0.2, 0.25) is 5.69 Å². The first-order valence-corrected chi connectivity index (χ1v) is 7.27. The van der Waals surface area contributed by atoms with Crippen molar-refractivity contribution < 1.29 is 4.73 Å². The maximum Gasteiger partial charge on any atom is 0.224 e. The summed E-state index contributed by atoms with van der Waals surface area (Å²) in [7, 11) is 0. The van der Waals surface area contributed by atoms with E-state index in [1.807, 2.05) is 60.7 Å². The van der Waals surface area contributed by atoms with Crippen LogP contribution in [0.2, 0.25) is 0 Å². The van der Waals surface area contributed by atoms with Crippen LogP contribution in [0.1, 0.15) is 23.7 Å². The third-order valence-electron chi connectivity index (χ3n) is 3.72. The Bertz CT molecular complexity index is 792. The lowest BCUT2D eigenvalue weighted by Gasteiger charge is -2.13. The topological polar surface area (TPSA) is 26.9 Å². The van der Waals surface area contributed by atoms with Crippen molar-refractivity contribution >= 4 is 11.1 Å². The molecule has 0 bridgehead atoms. The van der Waals surface area contributed by atoms with Gasteiger partial charge in [-0.1, -0.05) is 60.7 Å². The molecule has 0 aliphatic heterocycles. The quantitative estimate of drug-likeness (QED) is 0.401. The van der Waals surface area contributed by atoms with E-state index in [-0.39, 0.29) is 0 Å². The molecular formula is C20H17NO. The molecule has 22 heavy (non-hydrogen) atoms. The largest absolute Gasteiger partial charge is 0.618 e. The van der Waals surface area contributed by atoms with Crippen LogP contribution in [0.4, 0.5) is 0 Å². The molecule has 0 aliphatic rings. The summed E-state index contributed by atoms with van der Waals surface area (Å²) in [5.41, 5.74) is 4.87. The molecule has 0 saturated heterocycles. The molecular weight excluding hydrogens is 270 g/mol. The number of pyridine rings is 1. The molecule has 1 heterocycles. The van der Waals surface area contributed by atoms with E-state index in [1.54, 1.807) is 6.07 Å². The minimum absolute atomic E-state index is 0.662. The van der Waals surface area contributed by atoms with Gasteiger partial charge in [-0.2, -0.15) is 4.73 Å². The summed E-state index contributed by atoms with van der Waals surface area (Å²) in [6, 6.07) is 25.7. The molecule has 0 atom stereocenters. The van der Waals surface area contributed by atoms with Gasteiger partial charge in [0.25, 0.3) is 0 Å². The van der Waals surface area contributed by atoms with Crippen LogP contribution >= 0.6 is 0 Å². The molecule has 2 heteroatoms. The normalized spacial score (nSPS) is 11.9. The van der Waals surface area contributed by atoms with E-state index in [1.165, 1.54) is 6.20 Å². The third-order valence-corrected chi connectivity index (χ3v) is 3.72. The molecule has 0 fully saturated rings. The van der Waals surface area contributed by atoms with E-state index < -0.39 is 0 Å². The van der Waals surface area contributed by atoms with E-state index in [4.69, 9.17) is 0 Å². The molecule has 2 nitrogen and oxygen atoms in total. The Morgan fingerprint density at radius 3 is 1.86 bits per heavy atom. The van der Waals surface area contributed by atoms with Crippen LogP contribution in [-0.4, -0.2) is 0 Å². The van der Waals surface area contributed by atoms with Gasteiger partial charge >= 0.3 is 0 Å². The lowest BCUT2D eigenvalue weighted by atomic mass is 9.93. The van der Waals surface area contributed by atoms with Crippen LogP contribution in [0.15, 0.2) is 85.1 Å². The minimum atomic E-state index is 0.662. The summed E-state index contributed by atoms with van der Waals surface area (Å²) in [6.45, 7) is 2.06. The summed E-state index contributed by atoms with van der Waals surface area (Å²) in [6.07, 6.45) is 1.54. The van der Waals surface area contributed by atoms with Crippen LogP contribution < -0.4 is 4.73 Å². The molecule has 0 radical (unpaired) electrons. The van der Waals surface area contributed by atoms with Crippen molar-refractivity contribution in [1.29, 1.82) is 0 Å². The SMILES string of the molecule is C/C(=C(/c1ccccc1)c1cccc[n+]1[O-])c1ccccc1. The molecule has 0 unspecified atom stereocenters. The number of aromatic nitrogens is 1. The zero-order valence-corrected chi connectivity index (χ0v) is 12.4. The van der Waals surface area contributed by atoms with Gasteiger partial charge in [-0.25, -0.2) is 0 Å². The molecule has 0 amide bonds. The molecule has 2 aromatic carbocycles. The first-order chi connectivity index (χ1) is 10.8. The monoisotopic (exact) mass is 287 g/mol. The van der Waals surface area contributed by atoms with Crippen molar-refractivity contribution in [3.8, 4) is 0 Å². The van der Waals surface area contributed by atoms with Crippen LogP contribution in [-0.2, 0) is 0 Å². The highest BCUT2D eigenvalue weighted by atomic mass is 16.5. The van der Waals surface area contributed by atoms with Crippen LogP contribution in [0.5, 0.6) is 0 Å². The first kappa shape index (κ1) is 14.1. The van der Waals surface area contributed by atoms with Gasteiger partial charge in [0.1, 0.15) is 0 Å². The maximum atomic E-state index is 12.3. The summed E-state index contributed by atoms with van der Waals surface area (Å²) in [5, 5.41) is 12.3. The Balaban J connectivity index is 2.27. The molecule has 3 rings (SSSR count). The van der Waals surface area contributed by atoms with Crippen molar-refractivity contribution in [3.63, 3.8) is 0 Å². The predicted octanol–water partition coefficient (Wildman–Crippen LogP) is 4.30. The minimum Gasteiger partial charge on any atom is -0.618 e. The molecule has 0 spiro atoms. The van der Waals surface area contributed by atoms with Gasteiger partial charge in [-0.05, 0) is 29.7 Å². The summed E-state index contributed by atoms with van der Waals surface area (Å²) < 4.78 is 0.925. The highest BCUT2D eigenvalue weighted by Gasteiger charge is 2.17. The zero-order chi connectivity index (χ0) is 15.4. The second-order valence-corrected chi connectivity index (χ2v) is 5.14. The van der Waals surface area contributed by atoms with E-state index in [9.17, 15) is 5.21 Å². The molecule has 0 saturated carbocycles. The van der Waals surface area contributed by atoms with E-state index in [0.29, 0.717) is 5.69 Å². The fourth-order valence-electron chi connectivity index (χ4n) is 2.62. The van der Waals surface area contributed by atoms with Crippen molar-refractivity contribution in [2.24, 2.45) is 0 Å². The van der Waals surface area contributed by atoms with Gasteiger partial charge in [0.15, 0.2) is 6.20 Å². The number of hydrogen-bond acceptors (Lipinski definition) is 1. The van der Waals surface area contributed by atoms with Crippen molar-refractivity contribution in [3.05, 3.63) is 107 Å². The van der Waals surface area contributed by atoms with Crippen molar-refractivity contribution in [2.45, 2.75) is 6.92 Å². The Morgan fingerprint density at radius 2 is 1.27 bits per heavy atom. The fraction of sp³-hybridized carbons (Fsp3) is 0.0500. The first-order valence-electron chi connectivity index (χ1n) is 7.27. The highest BCUT2D eigenvalue weighted by Crippen LogP contribution is 2.30. The third kappa shape index (κ3) is 2.77. The van der Waals surface area contributed by atoms with Gasteiger partial charge in [-0.3, -0.25) is 0 Å². The summed E-state index contributed by atoms with van der Waals surface area (Å²) in [4.78, 5) is 0. The zero-order valence-electron chi connectivity index (χ0n) is 12.4. The Labute approximate surface area is 130 Å². The standard InChI is InChI=1S/C20H17NO/c1-16(17-10-4-2-5-11-17)20(18-12-6-3-7-13-18)19-14-8-9-15-21(19)22/h2-15H,1H3/b20-16+. The number of benzene rings is 2. The fourth-order valence-corrected chi connectivity index (χ4v) is 2.62. The Morgan fingerprint density at radius 1 is 0.727 bits per heavy atom. The van der Waals surface area contributed by atoms with Crippen molar-refractivity contribution in [2.75, 3.05) is 0 Å². The predicted molar refractivity (Wildman–Crippen MR) is 89.9 cm³/mol. The van der Waals surface area contributed by atoms with Gasteiger partial charge in [-0.15, -0.1) is 0 Å². The molecule has 0 aliphatic carbocycles. The van der Waals surface area contributed by atoms with E-state index >= 15 is 0 Å². The van der Waals surface area contributed by atoms with E-state index in [0.717, 1.165) is 27.0 Å². The highest BCUT2D eigenvalue weighted by molar-refractivity contribution is 5.96. The molecule has 0 N–H and O–H groups in total. The molecule has 1 aromatic heterocycles. The lowest BCUT2D eigenvalue weighted by molar-refractivity contribution is -0.607. The lowest BCUT2D eigenvalue weighted by Crippen LogP contribution is -2.30. The second-order valence-electron chi connectivity index (χ2n) is 5.14. The molecule has 108 valence electrons. The second kappa shape index (κ2) is 6.27. The maximum absolute atomic E-state index is 12.3. The number of rotatable bonds is 3. The average molecular weight is 287 g/mol. The van der Waals surface area contributed by atoms with Gasteiger partial charge < -0.3 is 5.21 Å². The van der Waals surface area contributed by atoms with Crippen LogP contribution in [0.25, 0.3) is 11.1 Å². The number of allylic oxidation sites excluding steroid dienone is 1. The smallest absolute Gasteiger partial charge is 0.224 e. The Kier molecular flexibility index (Phi) is 4.01. The average Bonchev–Trinajstić information content (AvgIpc) is 2.58. The van der Waals surface area contributed by atoms with Crippen LogP contribution in [0.3, 0.4) is 0 Å². The van der Waals surface area contributed by atoms with Gasteiger partial charge in [0.05, 0.1) is 5.57 Å². The summed E-state index contributed by atoms with van der Waals surface area (Å²) in [5.74, 6) is 0. The number of hydrogen-bond donors (Lipinski definition) is 0. The van der Waals surface area contributed by atoms with E-state index in [2.05, 4.69) is 19.1 Å². The summed E-state index contributed by atoms with van der Waals surface area (Å²) >= 11 is 0. The Hall–Kier alpha value is -2.87. The van der Waals surface area contributed by atoms with Crippen molar-refractivity contribution in [1.82, 2.24) is 0 Å².